The van der Waals surface area contributed by atoms with E-state index in [0.29, 0.717) is 0 Å². The molecule has 2 atom stereocenters. The number of ether oxygens (including phenoxy) is 1. The van der Waals surface area contributed by atoms with Gasteiger partial charge in [-0.05, 0) is 49.6 Å². The summed E-state index contributed by atoms with van der Waals surface area (Å²) in [5, 5.41) is 0. The standard InChI is InChI=1S/C15H24O2S/c1-4-15(10-11-18(15,3)16)9-8-13-6-5-7-14(12-13)17-2/h5-7,12,16H,4,8-11H2,1-3H3. The lowest BCUT2D eigenvalue weighted by molar-refractivity contribution is 0.410. The van der Waals surface area contributed by atoms with Crippen LogP contribution in [0.1, 0.15) is 31.7 Å². The number of hydrogen-bond acceptors (Lipinski definition) is 2. The maximum Gasteiger partial charge on any atom is 0.119 e. The second-order valence-electron chi connectivity index (χ2n) is 5.38. The molecule has 2 unspecified atom stereocenters. The summed E-state index contributed by atoms with van der Waals surface area (Å²) >= 11 is 0. The van der Waals surface area contributed by atoms with Crippen LogP contribution in [0.5, 0.6) is 5.75 Å². The summed E-state index contributed by atoms with van der Waals surface area (Å²) in [5.74, 6) is 1.95. The fourth-order valence-corrected chi connectivity index (χ4v) is 5.43. The first-order chi connectivity index (χ1) is 8.53. The lowest BCUT2D eigenvalue weighted by atomic mass is 9.92. The van der Waals surface area contributed by atoms with Crippen LogP contribution in [0.4, 0.5) is 0 Å². The predicted octanol–water partition coefficient (Wildman–Crippen LogP) is 4.09. The number of hydrogen-bond donors (Lipinski definition) is 1. The molecule has 0 bridgehead atoms. The number of aryl methyl sites for hydroxylation is 1. The Morgan fingerprint density at radius 1 is 1.44 bits per heavy atom. The predicted molar refractivity (Wildman–Crippen MR) is 80.0 cm³/mol. The van der Waals surface area contributed by atoms with Gasteiger partial charge in [0.1, 0.15) is 5.75 Å². The Labute approximate surface area is 112 Å². The SMILES string of the molecule is CCC1(CCc2cccc(OC)c2)CCS1(C)O. The highest BCUT2D eigenvalue weighted by molar-refractivity contribution is 8.30. The lowest BCUT2D eigenvalue weighted by Crippen LogP contribution is -2.46. The molecule has 1 N–H and O–H groups in total. The second kappa shape index (κ2) is 5.14. The Hall–Kier alpha value is -0.670. The Balaban J connectivity index is 2.02. The fraction of sp³-hybridized carbons (Fsp3) is 0.600. The van der Waals surface area contributed by atoms with Crippen molar-refractivity contribution in [3.05, 3.63) is 29.8 Å². The molecule has 2 rings (SSSR count). The molecule has 3 heteroatoms. The van der Waals surface area contributed by atoms with E-state index < -0.39 is 10.3 Å². The first-order valence-corrected chi connectivity index (χ1v) is 8.81. The molecule has 1 saturated heterocycles. The van der Waals surface area contributed by atoms with Crippen LogP contribution in [0.2, 0.25) is 0 Å². The highest BCUT2D eigenvalue weighted by Crippen LogP contribution is 2.67. The molecule has 1 aromatic carbocycles. The Morgan fingerprint density at radius 2 is 2.22 bits per heavy atom. The molecular formula is C15H24O2S. The zero-order chi connectivity index (χ0) is 13.2. The largest absolute Gasteiger partial charge is 0.497 e. The normalized spacial score (nSPS) is 34.4. The molecule has 0 radical (unpaired) electrons. The van der Waals surface area contributed by atoms with Crippen LogP contribution < -0.4 is 4.74 Å². The van der Waals surface area contributed by atoms with E-state index >= 15 is 0 Å². The van der Waals surface area contributed by atoms with Gasteiger partial charge in [0.05, 0.1) is 7.11 Å². The van der Waals surface area contributed by atoms with Crippen molar-refractivity contribution in [2.45, 2.75) is 37.4 Å². The minimum atomic E-state index is -1.35. The molecule has 0 saturated carbocycles. The van der Waals surface area contributed by atoms with Gasteiger partial charge < -0.3 is 9.29 Å². The summed E-state index contributed by atoms with van der Waals surface area (Å²) in [4.78, 5) is 0. The van der Waals surface area contributed by atoms with E-state index in [2.05, 4.69) is 25.3 Å². The molecule has 0 aliphatic carbocycles. The molecule has 18 heavy (non-hydrogen) atoms. The molecule has 1 aliphatic heterocycles. The van der Waals surface area contributed by atoms with Gasteiger partial charge in [-0.1, -0.05) is 19.1 Å². The van der Waals surface area contributed by atoms with Gasteiger partial charge in [0.25, 0.3) is 0 Å². The zero-order valence-electron chi connectivity index (χ0n) is 11.6. The average Bonchev–Trinajstić information content (AvgIpc) is 2.39. The lowest BCUT2D eigenvalue weighted by Gasteiger charge is -2.58. The average molecular weight is 268 g/mol. The summed E-state index contributed by atoms with van der Waals surface area (Å²) in [6.45, 7) is 2.21. The zero-order valence-corrected chi connectivity index (χ0v) is 12.4. The van der Waals surface area contributed by atoms with E-state index in [-0.39, 0.29) is 4.75 Å². The Kier molecular flexibility index (Phi) is 3.93. The summed E-state index contributed by atoms with van der Waals surface area (Å²) in [6, 6.07) is 8.27. The third-order valence-corrected chi connectivity index (χ3v) is 8.10. The minimum absolute atomic E-state index is 0.204. The van der Waals surface area contributed by atoms with Crippen LogP contribution in [0.3, 0.4) is 0 Å². The highest BCUT2D eigenvalue weighted by Gasteiger charge is 2.49. The fourth-order valence-electron chi connectivity index (χ4n) is 2.90. The van der Waals surface area contributed by atoms with Gasteiger partial charge in [-0.15, -0.1) is 10.3 Å². The molecule has 1 heterocycles. The summed E-state index contributed by atoms with van der Waals surface area (Å²) in [5.41, 5.74) is 1.31. The van der Waals surface area contributed by atoms with Gasteiger partial charge in [-0.3, -0.25) is 0 Å². The Morgan fingerprint density at radius 3 is 2.72 bits per heavy atom. The van der Waals surface area contributed by atoms with E-state index in [0.717, 1.165) is 30.8 Å². The van der Waals surface area contributed by atoms with Gasteiger partial charge in [0.15, 0.2) is 0 Å². The third kappa shape index (κ3) is 2.39. The van der Waals surface area contributed by atoms with Gasteiger partial charge in [0.2, 0.25) is 0 Å². The molecule has 1 fully saturated rings. The van der Waals surface area contributed by atoms with Crippen LogP contribution in [-0.4, -0.2) is 28.4 Å². The van der Waals surface area contributed by atoms with Crippen molar-refractivity contribution in [1.29, 1.82) is 0 Å². The first kappa shape index (κ1) is 13.8. The number of benzene rings is 1. The molecule has 0 spiro atoms. The Bertz CT molecular complexity index is 413. The third-order valence-electron chi connectivity index (χ3n) is 4.54. The number of methoxy groups -OCH3 is 1. The quantitative estimate of drug-likeness (QED) is 0.871. The molecule has 0 aromatic heterocycles. The van der Waals surface area contributed by atoms with Crippen LogP contribution in [0.15, 0.2) is 24.3 Å². The highest BCUT2D eigenvalue weighted by atomic mass is 32.3. The maximum absolute atomic E-state index is 10.5. The first-order valence-electron chi connectivity index (χ1n) is 6.64. The summed E-state index contributed by atoms with van der Waals surface area (Å²) in [6.07, 6.45) is 6.49. The van der Waals surface area contributed by atoms with Gasteiger partial charge in [0, 0.05) is 10.5 Å². The van der Waals surface area contributed by atoms with Gasteiger partial charge in [-0.25, -0.2) is 0 Å². The van der Waals surface area contributed by atoms with Crippen molar-refractivity contribution >= 4 is 10.3 Å². The van der Waals surface area contributed by atoms with Crippen molar-refractivity contribution in [3.8, 4) is 5.75 Å². The van der Waals surface area contributed by atoms with E-state index in [9.17, 15) is 4.55 Å². The molecule has 0 amide bonds. The van der Waals surface area contributed by atoms with Crippen molar-refractivity contribution in [2.75, 3.05) is 19.1 Å². The van der Waals surface area contributed by atoms with Gasteiger partial charge in [-0.2, -0.15) is 0 Å². The second-order valence-corrected chi connectivity index (χ2v) is 8.74. The monoisotopic (exact) mass is 268 g/mol. The van der Waals surface area contributed by atoms with Crippen LogP contribution >= 0.6 is 10.3 Å². The molecule has 1 aromatic rings. The smallest absolute Gasteiger partial charge is 0.119 e. The summed E-state index contributed by atoms with van der Waals surface area (Å²) in [7, 11) is 0.351. The number of rotatable bonds is 5. The van der Waals surface area contributed by atoms with E-state index in [1.807, 2.05) is 12.1 Å². The summed E-state index contributed by atoms with van der Waals surface area (Å²) < 4.78 is 15.9. The van der Waals surface area contributed by atoms with Crippen molar-refractivity contribution in [3.63, 3.8) is 0 Å². The van der Waals surface area contributed by atoms with Gasteiger partial charge >= 0.3 is 0 Å². The molecule has 1 aliphatic rings. The van der Waals surface area contributed by atoms with E-state index in [1.165, 1.54) is 12.0 Å². The molecule has 102 valence electrons. The van der Waals surface area contributed by atoms with E-state index in [1.54, 1.807) is 7.11 Å². The van der Waals surface area contributed by atoms with Crippen molar-refractivity contribution in [2.24, 2.45) is 0 Å². The van der Waals surface area contributed by atoms with Crippen LogP contribution in [0, 0.1) is 0 Å². The van der Waals surface area contributed by atoms with E-state index in [4.69, 9.17) is 4.74 Å². The molecular weight excluding hydrogens is 244 g/mol. The van der Waals surface area contributed by atoms with Crippen molar-refractivity contribution in [1.82, 2.24) is 0 Å². The molecule has 2 nitrogen and oxygen atoms in total. The topological polar surface area (TPSA) is 29.5 Å². The van der Waals surface area contributed by atoms with Crippen LogP contribution in [0.25, 0.3) is 0 Å². The van der Waals surface area contributed by atoms with Crippen LogP contribution in [-0.2, 0) is 6.42 Å². The minimum Gasteiger partial charge on any atom is -0.497 e. The maximum atomic E-state index is 10.5. The van der Waals surface area contributed by atoms with Crippen molar-refractivity contribution < 1.29 is 9.29 Å².